The Morgan fingerprint density at radius 1 is 0.708 bits per heavy atom. The highest BCUT2D eigenvalue weighted by Gasteiger charge is 2.11. The first kappa shape index (κ1) is 14.9. The molecule has 0 fully saturated rings. The van der Waals surface area contributed by atoms with Crippen molar-refractivity contribution in [3.05, 3.63) is 95.1 Å². The molecule has 0 bridgehead atoms. The van der Waals surface area contributed by atoms with Crippen LogP contribution in [0.5, 0.6) is 0 Å². The average molecular weight is 331 g/mol. The number of rotatable bonds is 3. The van der Waals surface area contributed by atoms with E-state index in [1.165, 1.54) is 0 Å². The maximum atomic E-state index is 6.10. The van der Waals surface area contributed by atoms with Gasteiger partial charge < -0.3 is 0 Å². The van der Waals surface area contributed by atoms with Crippen LogP contribution in [0.15, 0.2) is 78.9 Å². The Morgan fingerprint density at radius 2 is 1.46 bits per heavy atom. The monoisotopic (exact) mass is 330 g/mol. The van der Waals surface area contributed by atoms with Crippen LogP contribution in [0.4, 0.5) is 0 Å². The van der Waals surface area contributed by atoms with Gasteiger partial charge in [0, 0.05) is 27.8 Å². The van der Waals surface area contributed by atoms with Crippen molar-refractivity contribution in [2.45, 2.75) is 6.42 Å². The van der Waals surface area contributed by atoms with Gasteiger partial charge in [-0.15, -0.1) is 5.10 Å². The summed E-state index contributed by atoms with van der Waals surface area (Å²) in [6, 6.07) is 26.4. The lowest BCUT2D eigenvalue weighted by molar-refractivity contribution is 0.963. The van der Waals surface area contributed by atoms with Gasteiger partial charge in [-0.1, -0.05) is 78.3 Å². The molecule has 0 aliphatic carbocycles. The predicted molar refractivity (Wildman–Crippen MR) is 99.2 cm³/mol. The molecule has 0 aliphatic rings. The molecule has 0 unspecified atom stereocenters. The molecule has 0 radical (unpaired) electrons. The van der Waals surface area contributed by atoms with Gasteiger partial charge in [0.05, 0.1) is 5.69 Å². The van der Waals surface area contributed by atoms with Crippen LogP contribution in [-0.2, 0) is 6.42 Å². The fraction of sp³-hybridized carbons (Fsp3) is 0.0476. The third kappa shape index (κ3) is 2.89. The van der Waals surface area contributed by atoms with Crippen LogP contribution >= 0.6 is 11.6 Å². The van der Waals surface area contributed by atoms with Crippen molar-refractivity contribution in [2.24, 2.45) is 0 Å². The van der Waals surface area contributed by atoms with Gasteiger partial charge in [0.1, 0.15) is 5.69 Å². The summed E-state index contributed by atoms with van der Waals surface area (Å²) in [6.07, 6.45) is 0.711. The molecule has 1 aromatic heterocycles. The van der Waals surface area contributed by atoms with E-state index in [4.69, 9.17) is 11.6 Å². The second-order valence-corrected chi connectivity index (χ2v) is 6.15. The molecule has 3 aromatic carbocycles. The average Bonchev–Trinajstić information content (AvgIpc) is 2.63. The summed E-state index contributed by atoms with van der Waals surface area (Å²) in [5.41, 5.74) is 4.10. The molecular weight excluding hydrogens is 316 g/mol. The summed E-state index contributed by atoms with van der Waals surface area (Å²) in [4.78, 5) is 0. The van der Waals surface area contributed by atoms with E-state index in [-0.39, 0.29) is 0 Å². The molecular formula is C21H15ClN2. The minimum absolute atomic E-state index is 0.711. The highest BCUT2D eigenvalue weighted by Crippen LogP contribution is 2.28. The Morgan fingerprint density at radius 3 is 2.25 bits per heavy atom. The first-order valence-electron chi connectivity index (χ1n) is 7.85. The van der Waals surface area contributed by atoms with E-state index in [1.54, 1.807) is 0 Å². The number of nitrogens with zero attached hydrogens (tertiary/aromatic N) is 2. The highest BCUT2D eigenvalue weighted by atomic mass is 35.5. The number of aromatic nitrogens is 2. The number of fused-ring (bicyclic) bond motifs is 1. The summed E-state index contributed by atoms with van der Waals surface area (Å²) in [5, 5.41) is 12.0. The zero-order chi connectivity index (χ0) is 16.4. The Bertz CT molecular complexity index is 997. The molecule has 0 aliphatic heterocycles. The van der Waals surface area contributed by atoms with Crippen molar-refractivity contribution in [3.63, 3.8) is 0 Å². The second kappa shape index (κ2) is 6.42. The van der Waals surface area contributed by atoms with E-state index in [0.29, 0.717) is 6.42 Å². The third-order valence-corrected chi connectivity index (χ3v) is 4.31. The second-order valence-electron chi connectivity index (χ2n) is 5.71. The molecule has 4 aromatic rings. The largest absolute Gasteiger partial charge is 0.154 e. The third-order valence-electron chi connectivity index (χ3n) is 4.07. The van der Waals surface area contributed by atoms with Gasteiger partial charge in [0.25, 0.3) is 0 Å². The van der Waals surface area contributed by atoms with Crippen LogP contribution in [0.2, 0.25) is 5.02 Å². The summed E-state index contributed by atoms with van der Waals surface area (Å²) >= 11 is 6.10. The Hall–Kier alpha value is -2.71. The van der Waals surface area contributed by atoms with Gasteiger partial charge in [0.15, 0.2) is 0 Å². The summed E-state index contributed by atoms with van der Waals surface area (Å²) in [7, 11) is 0. The van der Waals surface area contributed by atoms with Gasteiger partial charge in [-0.3, -0.25) is 0 Å². The van der Waals surface area contributed by atoms with E-state index < -0.39 is 0 Å². The molecule has 0 spiro atoms. The van der Waals surface area contributed by atoms with Crippen molar-refractivity contribution in [1.29, 1.82) is 0 Å². The van der Waals surface area contributed by atoms with E-state index in [9.17, 15) is 0 Å². The predicted octanol–water partition coefficient (Wildman–Crippen LogP) is 5.54. The maximum absolute atomic E-state index is 6.10. The summed E-state index contributed by atoms with van der Waals surface area (Å²) in [5.74, 6) is 0. The van der Waals surface area contributed by atoms with Crippen molar-refractivity contribution in [1.82, 2.24) is 10.2 Å². The molecule has 3 heteroatoms. The number of hydrogen-bond acceptors (Lipinski definition) is 2. The SMILES string of the molecule is Clc1cccc(Cc2nnc(-c3ccccc3)c3ccccc23)c1. The van der Waals surface area contributed by atoms with Crippen molar-refractivity contribution in [2.75, 3.05) is 0 Å². The lowest BCUT2D eigenvalue weighted by Crippen LogP contribution is -1.99. The molecule has 24 heavy (non-hydrogen) atoms. The maximum Gasteiger partial charge on any atom is 0.101 e. The van der Waals surface area contributed by atoms with Crippen LogP contribution < -0.4 is 0 Å². The molecule has 0 saturated carbocycles. The number of benzene rings is 3. The van der Waals surface area contributed by atoms with Crippen LogP contribution in [0.1, 0.15) is 11.3 Å². The standard InChI is InChI=1S/C21H15ClN2/c22-17-10-6-7-15(13-17)14-20-18-11-4-5-12-19(18)21(24-23-20)16-8-2-1-3-9-16/h1-13H,14H2. The van der Waals surface area contributed by atoms with Crippen molar-refractivity contribution < 1.29 is 0 Å². The van der Waals surface area contributed by atoms with Crippen molar-refractivity contribution in [3.8, 4) is 11.3 Å². The molecule has 1 heterocycles. The molecule has 2 nitrogen and oxygen atoms in total. The first-order valence-corrected chi connectivity index (χ1v) is 8.23. The fourth-order valence-corrected chi connectivity index (χ4v) is 3.15. The minimum atomic E-state index is 0.711. The molecule has 0 saturated heterocycles. The molecule has 4 rings (SSSR count). The molecule has 0 atom stereocenters. The summed E-state index contributed by atoms with van der Waals surface area (Å²) in [6.45, 7) is 0. The van der Waals surface area contributed by atoms with E-state index in [1.807, 2.05) is 48.5 Å². The highest BCUT2D eigenvalue weighted by molar-refractivity contribution is 6.30. The topological polar surface area (TPSA) is 25.8 Å². The quantitative estimate of drug-likeness (QED) is 0.493. The van der Waals surface area contributed by atoms with Crippen LogP contribution in [0, 0.1) is 0 Å². The number of halogens is 1. The minimum Gasteiger partial charge on any atom is -0.154 e. The normalized spacial score (nSPS) is 10.9. The molecule has 116 valence electrons. The van der Waals surface area contributed by atoms with E-state index >= 15 is 0 Å². The zero-order valence-corrected chi connectivity index (χ0v) is 13.7. The first-order chi connectivity index (χ1) is 11.8. The molecule has 0 amide bonds. The Balaban J connectivity index is 1.84. The van der Waals surface area contributed by atoms with Gasteiger partial charge >= 0.3 is 0 Å². The van der Waals surface area contributed by atoms with E-state index in [2.05, 4.69) is 40.5 Å². The van der Waals surface area contributed by atoms with Crippen LogP contribution in [0.25, 0.3) is 22.0 Å². The van der Waals surface area contributed by atoms with Crippen LogP contribution in [-0.4, -0.2) is 10.2 Å². The number of hydrogen-bond donors (Lipinski definition) is 0. The van der Waals surface area contributed by atoms with Crippen LogP contribution in [0.3, 0.4) is 0 Å². The van der Waals surface area contributed by atoms with Gasteiger partial charge in [-0.25, -0.2) is 0 Å². The van der Waals surface area contributed by atoms with Gasteiger partial charge in [-0.2, -0.15) is 5.10 Å². The lowest BCUT2D eigenvalue weighted by atomic mass is 10.0. The smallest absolute Gasteiger partial charge is 0.101 e. The van der Waals surface area contributed by atoms with E-state index in [0.717, 1.165) is 38.3 Å². The molecule has 0 N–H and O–H groups in total. The van der Waals surface area contributed by atoms with Crippen molar-refractivity contribution >= 4 is 22.4 Å². The van der Waals surface area contributed by atoms with Gasteiger partial charge in [0.2, 0.25) is 0 Å². The summed E-state index contributed by atoms with van der Waals surface area (Å²) < 4.78 is 0. The van der Waals surface area contributed by atoms with Gasteiger partial charge in [-0.05, 0) is 17.7 Å². The lowest BCUT2D eigenvalue weighted by Gasteiger charge is -2.09. The Labute approximate surface area is 145 Å². The zero-order valence-electron chi connectivity index (χ0n) is 13.0. The fourth-order valence-electron chi connectivity index (χ4n) is 2.94. The Kier molecular flexibility index (Phi) is 3.97.